The maximum atomic E-state index is 13.3. The fourth-order valence-electron chi connectivity index (χ4n) is 4.34. The first kappa shape index (κ1) is 17.9. The predicted octanol–water partition coefficient (Wildman–Crippen LogP) is 4.43. The Kier molecular flexibility index (Phi) is 4.52. The highest BCUT2D eigenvalue weighted by atomic mass is 16.3. The summed E-state index contributed by atoms with van der Waals surface area (Å²) in [7, 11) is 0. The number of anilines is 1. The largest absolute Gasteiger partial charge is 0.468 e. The minimum absolute atomic E-state index is 0.0110. The molecule has 1 saturated heterocycles. The van der Waals surface area contributed by atoms with E-state index in [1.54, 1.807) is 6.26 Å². The van der Waals surface area contributed by atoms with Crippen molar-refractivity contribution >= 4 is 17.8 Å². The summed E-state index contributed by atoms with van der Waals surface area (Å²) in [5, 5.41) is 3.10. The quantitative estimate of drug-likeness (QED) is 0.726. The smallest absolute Gasteiger partial charge is 0.252 e. The molecule has 1 N–H and O–H groups in total. The lowest BCUT2D eigenvalue weighted by atomic mass is 9.81. The second-order valence-electron chi connectivity index (χ2n) is 7.77. The van der Waals surface area contributed by atoms with Gasteiger partial charge in [0.25, 0.3) is 5.91 Å². The molecule has 3 heterocycles. The van der Waals surface area contributed by atoms with Crippen LogP contribution >= 0.6 is 0 Å². The van der Waals surface area contributed by atoms with Crippen molar-refractivity contribution in [3.05, 3.63) is 89.9 Å². The number of amides is 1. The SMILES string of the molecule is O=C1Nc2ccccc2C=NC12CCN(Cc1ccccc1)C(c1ccco1)C2. The van der Waals surface area contributed by atoms with Crippen LogP contribution in [0.25, 0.3) is 0 Å². The minimum atomic E-state index is -0.788. The van der Waals surface area contributed by atoms with Gasteiger partial charge in [-0.2, -0.15) is 0 Å². The van der Waals surface area contributed by atoms with Crippen molar-refractivity contribution < 1.29 is 9.21 Å². The number of benzene rings is 2. The topological polar surface area (TPSA) is 57.8 Å². The number of nitrogens with one attached hydrogen (secondary N) is 1. The van der Waals surface area contributed by atoms with E-state index < -0.39 is 5.54 Å². The Morgan fingerprint density at radius 2 is 1.90 bits per heavy atom. The fourth-order valence-corrected chi connectivity index (χ4v) is 4.34. The Bertz CT molecular complexity index is 1030. The molecule has 2 unspecified atom stereocenters. The van der Waals surface area contributed by atoms with Crippen LogP contribution in [0.3, 0.4) is 0 Å². The molecule has 29 heavy (non-hydrogen) atoms. The molecule has 1 fully saturated rings. The monoisotopic (exact) mass is 385 g/mol. The molecule has 0 radical (unpaired) electrons. The summed E-state index contributed by atoms with van der Waals surface area (Å²) in [6.07, 6.45) is 4.81. The van der Waals surface area contributed by atoms with Crippen LogP contribution in [0.15, 0.2) is 82.4 Å². The number of fused-ring (bicyclic) bond motifs is 1. The molecule has 2 aromatic carbocycles. The number of rotatable bonds is 3. The third-order valence-corrected chi connectivity index (χ3v) is 5.97. The number of para-hydroxylation sites is 1. The van der Waals surface area contributed by atoms with Gasteiger partial charge >= 0.3 is 0 Å². The van der Waals surface area contributed by atoms with Crippen molar-refractivity contribution in [2.75, 3.05) is 11.9 Å². The number of likely N-dealkylation sites (tertiary alicyclic amines) is 1. The Balaban J connectivity index is 1.46. The van der Waals surface area contributed by atoms with Gasteiger partial charge in [0.1, 0.15) is 11.3 Å². The van der Waals surface area contributed by atoms with E-state index in [1.165, 1.54) is 5.56 Å². The number of hydrogen-bond donors (Lipinski definition) is 1. The van der Waals surface area contributed by atoms with E-state index in [-0.39, 0.29) is 11.9 Å². The first-order chi connectivity index (χ1) is 14.2. The molecule has 0 aliphatic carbocycles. The van der Waals surface area contributed by atoms with Crippen LogP contribution in [-0.4, -0.2) is 29.1 Å². The number of carbonyl (C=O) groups excluding carboxylic acids is 1. The Morgan fingerprint density at radius 3 is 2.72 bits per heavy atom. The number of hydrogen-bond acceptors (Lipinski definition) is 4. The molecule has 5 rings (SSSR count). The molecule has 1 aromatic heterocycles. The molecule has 5 nitrogen and oxygen atoms in total. The number of piperidine rings is 1. The molecule has 1 amide bonds. The summed E-state index contributed by atoms with van der Waals surface area (Å²) in [6, 6.07) is 22.1. The maximum Gasteiger partial charge on any atom is 0.252 e. The maximum absolute atomic E-state index is 13.3. The van der Waals surface area contributed by atoms with E-state index in [4.69, 9.17) is 9.41 Å². The van der Waals surface area contributed by atoms with Crippen molar-refractivity contribution in [3.8, 4) is 0 Å². The number of aliphatic imine (C=N–C) groups is 1. The van der Waals surface area contributed by atoms with E-state index in [0.29, 0.717) is 12.8 Å². The van der Waals surface area contributed by atoms with Gasteiger partial charge in [-0.25, -0.2) is 0 Å². The third-order valence-electron chi connectivity index (χ3n) is 5.97. The van der Waals surface area contributed by atoms with Gasteiger partial charge in [0.15, 0.2) is 0 Å². The van der Waals surface area contributed by atoms with Crippen molar-refractivity contribution in [2.24, 2.45) is 4.99 Å². The lowest BCUT2D eigenvalue weighted by Crippen LogP contribution is -2.51. The van der Waals surface area contributed by atoms with E-state index in [1.807, 2.05) is 48.7 Å². The Labute approximate surface area is 170 Å². The summed E-state index contributed by atoms with van der Waals surface area (Å²) in [4.78, 5) is 20.5. The van der Waals surface area contributed by atoms with Crippen LogP contribution in [-0.2, 0) is 11.3 Å². The average molecular weight is 385 g/mol. The first-order valence-electron chi connectivity index (χ1n) is 10.0. The zero-order valence-electron chi connectivity index (χ0n) is 16.1. The predicted molar refractivity (Wildman–Crippen MR) is 113 cm³/mol. The van der Waals surface area contributed by atoms with Gasteiger partial charge in [0.05, 0.1) is 12.3 Å². The lowest BCUT2D eigenvalue weighted by molar-refractivity contribution is -0.123. The van der Waals surface area contributed by atoms with Crippen LogP contribution in [0.2, 0.25) is 0 Å². The highest BCUT2D eigenvalue weighted by Crippen LogP contribution is 2.41. The van der Waals surface area contributed by atoms with Gasteiger partial charge in [-0.3, -0.25) is 14.7 Å². The molecule has 0 bridgehead atoms. The van der Waals surface area contributed by atoms with Gasteiger partial charge in [-0.15, -0.1) is 0 Å². The molecule has 0 saturated carbocycles. The van der Waals surface area contributed by atoms with Gasteiger partial charge in [-0.05, 0) is 30.2 Å². The molecular weight excluding hydrogens is 362 g/mol. The molecule has 2 aliphatic rings. The molecule has 5 heteroatoms. The molecule has 3 aromatic rings. The summed E-state index contributed by atoms with van der Waals surface area (Å²) in [5.74, 6) is 0.847. The second-order valence-corrected chi connectivity index (χ2v) is 7.77. The van der Waals surface area contributed by atoms with Crippen molar-refractivity contribution in [3.63, 3.8) is 0 Å². The van der Waals surface area contributed by atoms with Crippen LogP contribution in [0, 0.1) is 0 Å². The summed E-state index contributed by atoms with van der Waals surface area (Å²) < 4.78 is 5.78. The highest BCUT2D eigenvalue weighted by molar-refractivity contribution is 6.05. The van der Waals surface area contributed by atoms with E-state index >= 15 is 0 Å². The fraction of sp³-hybridized carbons (Fsp3) is 0.250. The van der Waals surface area contributed by atoms with Gasteiger partial charge < -0.3 is 9.73 Å². The molecule has 146 valence electrons. The Morgan fingerprint density at radius 1 is 1.07 bits per heavy atom. The number of carbonyl (C=O) groups is 1. The summed E-state index contributed by atoms with van der Waals surface area (Å²) >= 11 is 0. The summed E-state index contributed by atoms with van der Waals surface area (Å²) in [6.45, 7) is 1.58. The van der Waals surface area contributed by atoms with Crippen molar-refractivity contribution in [1.82, 2.24) is 4.90 Å². The third kappa shape index (κ3) is 3.38. The van der Waals surface area contributed by atoms with E-state index in [2.05, 4.69) is 34.5 Å². The standard InChI is InChI=1S/C24H23N3O2/c28-23-24(25-16-19-9-4-5-10-20(19)26-23)12-13-27(17-18-7-2-1-3-8-18)21(15-24)22-11-6-14-29-22/h1-11,14,16,21H,12-13,15,17H2,(H,26,28). The normalized spacial score (nSPS) is 24.1. The van der Waals surface area contributed by atoms with Crippen molar-refractivity contribution in [1.29, 1.82) is 0 Å². The molecule has 2 atom stereocenters. The number of nitrogens with zero attached hydrogens (tertiary/aromatic N) is 2. The Hall–Kier alpha value is -3.18. The van der Waals surface area contributed by atoms with Crippen LogP contribution < -0.4 is 5.32 Å². The van der Waals surface area contributed by atoms with Crippen LogP contribution in [0.4, 0.5) is 5.69 Å². The van der Waals surface area contributed by atoms with Crippen LogP contribution in [0.5, 0.6) is 0 Å². The summed E-state index contributed by atoms with van der Waals surface area (Å²) in [5.41, 5.74) is 2.23. The van der Waals surface area contributed by atoms with Crippen LogP contribution in [0.1, 0.15) is 35.8 Å². The van der Waals surface area contributed by atoms with Crippen molar-refractivity contribution in [2.45, 2.75) is 31.0 Å². The second kappa shape index (κ2) is 7.33. The number of furan rings is 1. The molecular formula is C24H23N3O2. The van der Waals surface area contributed by atoms with Gasteiger partial charge in [0, 0.05) is 37.0 Å². The molecule has 1 spiro atoms. The van der Waals surface area contributed by atoms with E-state index in [0.717, 1.165) is 30.1 Å². The first-order valence-corrected chi connectivity index (χ1v) is 10.0. The lowest BCUT2D eigenvalue weighted by Gasteiger charge is -2.42. The molecule has 2 aliphatic heterocycles. The average Bonchev–Trinajstić information content (AvgIpc) is 3.25. The van der Waals surface area contributed by atoms with Gasteiger partial charge in [0.2, 0.25) is 0 Å². The highest BCUT2D eigenvalue weighted by Gasteiger charge is 2.47. The zero-order valence-corrected chi connectivity index (χ0v) is 16.1. The van der Waals surface area contributed by atoms with Gasteiger partial charge in [-0.1, -0.05) is 48.5 Å². The van der Waals surface area contributed by atoms with E-state index in [9.17, 15) is 4.79 Å². The zero-order chi connectivity index (χ0) is 19.7. The minimum Gasteiger partial charge on any atom is -0.468 e.